The summed E-state index contributed by atoms with van der Waals surface area (Å²) in [5.41, 5.74) is 5.11. The maximum absolute atomic E-state index is 13.8. The van der Waals surface area contributed by atoms with Crippen LogP contribution < -0.4 is 4.90 Å². The number of rotatable bonds is 2. The van der Waals surface area contributed by atoms with Gasteiger partial charge < -0.3 is 4.74 Å². The lowest BCUT2D eigenvalue weighted by molar-refractivity contribution is -0.122. The van der Waals surface area contributed by atoms with Crippen LogP contribution in [-0.2, 0) is 18.7 Å². The molecule has 2 atom stereocenters. The number of nitrogens with zero attached hydrogens (tertiary/aromatic N) is 1. The summed E-state index contributed by atoms with van der Waals surface area (Å²) >= 11 is 3.98. The zero-order valence-electron chi connectivity index (χ0n) is 17.1. The highest BCUT2D eigenvalue weighted by atomic mass is 79.9. The largest absolute Gasteiger partial charge is 0.465 e. The number of carbonyl (C=O) groups is 3. The number of methoxy groups -OCH3 is 1. The maximum Gasteiger partial charge on any atom is 0.337 e. The van der Waals surface area contributed by atoms with Crippen LogP contribution in [0.5, 0.6) is 0 Å². The molecule has 4 aliphatic rings. The minimum atomic E-state index is -0.771. The molecule has 0 spiro atoms. The summed E-state index contributed by atoms with van der Waals surface area (Å²) < 4.78 is 3.98. The van der Waals surface area contributed by atoms with E-state index in [1.165, 1.54) is 12.0 Å². The van der Waals surface area contributed by atoms with Gasteiger partial charge in [-0.2, -0.15) is 0 Å². The smallest absolute Gasteiger partial charge is 0.337 e. The number of halogens is 1. The van der Waals surface area contributed by atoms with Gasteiger partial charge in [-0.3, -0.25) is 9.59 Å². The molecule has 0 aromatic heterocycles. The van der Waals surface area contributed by atoms with E-state index in [1.54, 1.807) is 24.3 Å². The Morgan fingerprint density at radius 3 is 2.00 bits per heavy atom. The molecule has 0 saturated carbocycles. The van der Waals surface area contributed by atoms with Crippen molar-refractivity contribution in [2.24, 2.45) is 11.8 Å². The molecule has 5 nitrogen and oxygen atoms in total. The van der Waals surface area contributed by atoms with Gasteiger partial charge in [-0.05, 0) is 46.5 Å². The summed E-state index contributed by atoms with van der Waals surface area (Å²) in [5, 5.41) is 0. The predicted octanol–water partition coefficient (Wildman–Crippen LogP) is 4.38. The highest BCUT2D eigenvalue weighted by Crippen LogP contribution is 2.66. The average Bonchev–Trinajstić information content (AvgIpc) is 3.10. The topological polar surface area (TPSA) is 63.7 Å². The Morgan fingerprint density at radius 1 is 0.875 bits per heavy atom. The molecule has 158 valence electrons. The standard InChI is InChI=1S/C26H18BrNO4/c1-32-25(31)14-10-12-15(13-11-14)28-23(29)21-20-16-6-2-4-8-18(16)26(27,22(21)24(28)30)19-9-5-3-7-17(19)20/h2-13,20-22H,1H3. The van der Waals surface area contributed by atoms with Gasteiger partial charge in [0.1, 0.15) is 0 Å². The molecule has 32 heavy (non-hydrogen) atoms. The van der Waals surface area contributed by atoms with E-state index >= 15 is 0 Å². The second-order valence-electron chi connectivity index (χ2n) is 8.42. The molecule has 0 N–H and O–H groups in total. The van der Waals surface area contributed by atoms with Crippen LogP contribution in [0.25, 0.3) is 0 Å². The first-order valence-electron chi connectivity index (χ1n) is 10.4. The number of anilines is 1. The fourth-order valence-corrected chi connectivity index (χ4v) is 7.00. The molecule has 7 rings (SSSR count). The molecule has 3 aromatic carbocycles. The van der Waals surface area contributed by atoms with Crippen LogP contribution in [0.1, 0.15) is 38.5 Å². The number of hydrogen-bond donors (Lipinski definition) is 0. The van der Waals surface area contributed by atoms with E-state index in [-0.39, 0.29) is 17.7 Å². The van der Waals surface area contributed by atoms with Gasteiger partial charge in [0.25, 0.3) is 0 Å². The van der Waals surface area contributed by atoms with Gasteiger partial charge in [0.2, 0.25) is 11.8 Å². The molecule has 0 radical (unpaired) electrons. The molecule has 6 heteroatoms. The average molecular weight is 488 g/mol. The number of carbonyl (C=O) groups excluding carboxylic acids is 3. The Morgan fingerprint density at radius 2 is 1.44 bits per heavy atom. The molecule has 1 saturated heterocycles. The molecule has 2 unspecified atom stereocenters. The van der Waals surface area contributed by atoms with Crippen LogP contribution in [0, 0.1) is 11.8 Å². The lowest BCUT2D eigenvalue weighted by Gasteiger charge is -2.51. The number of benzene rings is 3. The molecular formula is C26H18BrNO4. The van der Waals surface area contributed by atoms with Gasteiger partial charge in [-0.15, -0.1) is 0 Å². The van der Waals surface area contributed by atoms with E-state index in [2.05, 4.69) is 40.2 Å². The molecule has 3 aromatic rings. The van der Waals surface area contributed by atoms with Crippen molar-refractivity contribution in [3.05, 3.63) is 101 Å². The predicted molar refractivity (Wildman–Crippen MR) is 122 cm³/mol. The van der Waals surface area contributed by atoms with E-state index in [4.69, 9.17) is 4.74 Å². The van der Waals surface area contributed by atoms with E-state index in [0.29, 0.717) is 11.3 Å². The third kappa shape index (κ3) is 2.25. The number of hydrogen-bond acceptors (Lipinski definition) is 4. The number of alkyl halides is 1. The van der Waals surface area contributed by atoms with Gasteiger partial charge >= 0.3 is 5.97 Å². The van der Waals surface area contributed by atoms with Gasteiger partial charge in [-0.25, -0.2) is 9.69 Å². The van der Waals surface area contributed by atoms with Crippen molar-refractivity contribution in [2.75, 3.05) is 12.0 Å². The van der Waals surface area contributed by atoms with Gasteiger partial charge in [-0.1, -0.05) is 64.5 Å². The second kappa shape index (κ2) is 6.62. The Labute approximate surface area is 193 Å². The monoisotopic (exact) mass is 487 g/mol. The Bertz CT molecular complexity index is 1270. The van der Waals surface area contributed by atoms with Gasteiger partial charge in [0.05, 0.1) is 34.5 Å². The fourth-order valence-electron chi connectivity index (χ4n) is 5.80. The Hall–Kier alpha value is -3.25. The first-order chi connectivity index (χ1) is 15.5. The molecule has 2 bridgehead atoms. The summed E-state index contributed by atoms with van der Waals surface area (Å²) in [6.45, 7) is 0. The lowest BCUT2D eigenvalue weighted by atomic mass is 9.55. The molecule has 3 aliphatic carbocycles. The summed E-state index contributed by atoms with van der Waals surface area (Å²) in [4.78, 5) is 40.7. The highest BCUT2D eigenvalue weighted by molar-refractivity contribution is 9.09. The number of ether oxygens (including phenoxy) is 1. The lowest BCUT2D eigenvalue weighted by Crippen LogP contribution is -2.50. The van der Waals surface area contributed by atoms with Crippen molar-refractivity contribution >= 4 is 39.4 Å². The Kier molecular flexibility index (Phi) is 4.02. The van der Waals surface area contributed by atoms with Crippen LogP contribution in [0.3, 0.4) is 0 Å². The van der Waals surface area contributed by atoms with Crippen molar-refractivity contribution < 1.29 is 19.1 Å². The van der Waals surface area contributed by atoms with Crippen LogP contribution in [-0.4, -0.2) is 24.9 Å². The van der Waals surface area contributed by atoms with Crippen molar-refractivity contribution in [3.8, 4) is 0 Å². The van der Waals surface area contributed by atoms with E-state index in [0.717, 1.165) is 22.3 Å². The van der Waals surface area contributed by atoms with E-state index in [1.807, 2.05) is 24.3 Å². The third-order valence-corrected chi connectivity index (χ3v) is 8.41. The van der Waals surface area contributed by atoms with Crippen molar-refractivity contribution in [1.29, 1.82) is 0 Å². The maximum atomic E-state index is 13.8. The van der Waals surface area contributed by atoms with Gasteiger partial charge in [0, 0.05) is 5.92 Å². The number of imide groups is 1. The third-order valence-electron chi connectivity index (χ3n) is 7.06. The fraction of sp³-hybridized carbons (Fsp3) is 0.192. The van der Waals surface area contributed by atoms with Crippen molar-refractivity contribution in [2.45, 2.75) is 10.2 Å². The summed E-state index contributed by atoms with van der Waals surface area (Å²) in [6.07, 6.45) is 0. The molecule has 1 aliphatic heterocycles. The minimum absolute atomic E-state index is 0.178. The zero-order valence-corrected chi connectivity index (χ0v) is 18.7. The summed E-state index contributed by atoms with van der Waals surface area (Å²) in [7, 11) is 1.31. The van der Waals surface area contributed by atoms with Crippen LogP contribution >= 0.6 is 15.9 Å². The number of esters is 1. The minimum Gasteiger partial charge on any atom is -0.465 e. The van der Waals surface area contributed by atoms with Crippen LogP contribution in [0.15, 0.2) is 72.8 Å². The van der Waals surface area contributed by atoms with Crippen molar-refractivity contribution in [3.63, 3.8) is 0 Å². The van der Waals surface area contributed by atoms with E-state index < -0.39 is 22.1 Å². The first-order valence-corrected chi connectivity index (χ1v) is 11.2. The normalized spacial score (nSPS) is 27.1. The molecule has 1 fully saturated rings. The Balaban J connectivity index is 1.52. The highest BCUT2D eigenvalue weighted by Gasteiger charge is 2.67. The van der Waals surface area contributed by atoms with Crippen LogP contribution in [0.2, 0.25) is 0 Å². The van der Waals surface area contributed by atoms with E-state index in [9.17, 15) is 14.4 Å². The first kappa shape index (κ1) is 19.4. The molecule has 2 amide bonds. The summed E-state index contributed by atoms with van der Waals surface area (Å²) in [6, 6.07) is 22.6. The quantitative estimate of drug-likeness (QED) is 0.305. The zero-order chi connectivity index (χ0) is 22.2. The molecular weight excluding hydrogens is 470 g/mol. The SMILES string of the molecule is COC(=O)c1ccc(N2C(=O)C3C4c5ccccc5C(Br)(c5ccccc54)C3C2=O)cc1. The molecule has 1 heterocycles. The van der Waals surface area contributed by atoms with Gasteiger partial charge in [0.15, 0.2) is 0 Å². The van der Waals surface area contributed by atoms with Crippen LogP contribution in [0.4, 0.5) is 5.69 Å². The summed E-state index contributed by atoms with van der Waals surface area (Å²) in [5.74, 6) is -2.12. The second-order valence-corrected chi connectivity index (χ2v) is 9.67. The number of amides is 2. The van der Waals surface area contributed by atoms with Crippen molar-refractivity contribution in [1.82, 2.24) is 0 Å².